The van der Waals surface area contributed by atoms with Crippen LogP contribution in [0.15, 0.2) is 6.33 Å². The zero-order valence-corrected chi connectivity index (χ0v) is 6.40. The van der Waals surface area contributed by atoms with Gasteiger partial charge in [-0.05, 0) is 19.4 Å². The topological polar surface area (TPSA) is 56.7 Å². The Morgan fingerprint density at radius 1 is 1.64 bits per heavy atom. The quantitative estimate of drug-likeness (QED) is 0.669. The summed E-state index contributed by atoms with van der Waals surface area (Å²) in [4.78, 5) is 0. The van der Waals surface area contributed by atoms with E-state index in [9.17, 15) is 0 Å². The van der Waals surface area contributed by atoms with Crippen LogP contribution in [0, 0.1) is 0 Å². The highest BCUT2D eigenvalue weighted by molar-refractivity contribution is 4.94. The van der Waals surface area contributed by atoms with Gasteiger partial charge in [0, 0.05) is 12.5 Å². The molecule has 0 radical (unpaired) electrons. The molecule has 0 bridgehead atoms. The molecule has 11 heavy (non-hydrogen) atoms. The molecular formula is C7H12N4. The first kappa shape index (κ1) is 6.79. The first-order valence-electron chi connectivity index (χ1n) is 4.00. The molecule has 2 rings (SSSR count). The van der Waals surface area contributed by atoms with Crippen molar-refractivity contribution in [3.8, 4) is 0 Å². The molecule has 1 aliphatic carbocycles. The van der Waals surface area contributed by atoms with Gasteiger partial charge < -0.3 is 10.3 Å². The van der Waals surface area contributed by atoms with Crippen LogP contribution < -0.4 is 5.73 Å². The molecule has 0 amide bonds. The summed E-state index contributed by atoms with van der Waals surface area (Å²) in [5.41, 5.74) is 5.43. The predicted octanol–water partition coefficient (Wildman–Crippen LogP) is 0.114. The van der Waals surface area contributed by atoms with Crippen molar-refractivity contribution in [1.29, 1.82) is 0 Å². The van der Waals surface area contributed by atoms with E-state index in [1.165, 1.54) is 12.8 Å². The van der Waals surface area contributed by atoms with Gasteiger partial charge in [0.2, 0.25) is 0 Å². The lowest BCUT2D eigenvalue weighted by atomic mass is 10.4. The molecule has 0 atom stereocenters. The van der Waals surface area contributed by atoms with Crippen molar-refractivity contribution in [3.63, 3.8) is 0 Å². The predicted molar refractivity (Wildman–Crippen MR) is 41.1 cm³/mol. The van der Waals surface area contributed by atoms with Crippen LogP contribution in [0.4, 0.5) is 0 Å². The summed E-state index contributed by atoms with van der Waals surface area (Å²) in [6, 6.07) is 0.673. The average Bonchev–Trinajstić information content (AvgIpc) is 2.75. The molecule has 2 N–H and O–H groups in total. The lowest BCUT2D eigenvalue weighted by Crippen LogP contribution is -2.08. The van der Waals surface area contributed by atoms with Crippen molar-refractivity contribution in [1.82, 2.24) is 14.8 Å². The minimum Gasteiger partial charge on any atom is -0.330 e. The molecule has 1 saturated carbocycles. The van der Waals surface area contributed by atoms with Crippen LogP contribution in [-0.2, 0) is 6.42 Å². The summed E-state index contributed by atoms with van der Waals surface area (Å²) < 4.78 is 2.15. The number of aromatic nitrogens is 3. The summed E-state index contributed by atoms with van der Waals surface area (Å²) in [5, 5.41) is 7.86. The Bertz CT molecular complexity index is 238. The highest BCUT2D eigenvalue weighted by atomic mass is 15.3. The van der Waals surface area contributed by atoms with E-state index in [1.54, 1.807) is 0 Å². The minimum atomic E-state index is 0.658. The third kappa shape index (κ3) is 1.26. The molecule has 1 aromatic rings. The van der Waals surface area contributed by atoms with Gasteiger partial charge >= 0.3 is 0 Å². The molecule has 1 heterocycles. The lowest BCUT2D eigenvalue weighted by Gasteiger charge is -2.01. The van der Waals surface area contributed by atoms with Crippen LogP contribution in [-0.4, -0.2) is 21.3 Å². The molecule has 0 saturated heterocycles. The molecule has 0 spiro atoms. The van der Waals surface area contributed by atoms with Gasteiger partial charge in [-0.15, -0.1) is 10.2 Å². The SMILES string of the molecule is NCCc1nncn1C1CC1. The molecule has 1 aliphatic rings. The second-order valence-corrected chi connectivity index (χ2v) is 2.92. The van der Waals surface area contributed by atoms with Crippen molar-refractivity contribution in [3.05, 3.63) is 12.2 Å². The van der Waals surface area contributed by atoms with Crippen molar-refractivity contribution < 1.29 is 0 Å². The summed E-state index contributed by atoms with van der Waals surface area (Å²) >= 11 is 0. The first-order chi connectivity index (χ1) is 5.42. The third-order valence-corrected chi connectivity index (χ3v) is 1.96. The van der Waals surface area contributed by atoms with E-state index >= 15 is 0 Å². The summed E-state index contributed by atoms with van der Waals surface area (Å²) in [7, 11) is 0. The Labute approximate surface area is 65.4 Å². The Hall–Kier alpha value is -0.900. The van der Waals surface area contributed by atoms with E-state index in [0.29, 0.717) is 12.6 Å². The molecular weight excluding hydrogens is 140 g/mol. The van der Waals surface area contributed by atoms with Gasteiger partial charge in [-0.1, -0.05) is 0 Å². The Morgan fingerprint density at radius 3 is 3.09 bits per heavy atom. The zero-order valence-electron chi connectivity index (χ0n) is 6.40. The minimum absolute atomic E-state index is 0.658. The van der Waals surface area contributed by atoms with Crippen LogP contribution >= 0.6 is 0 Å². The van der Waals surface area contributed by atoms with Gasteiger partial charge in [0.05, 0.1) is 0 Å². The highest BCUT2D eigenvalue weighted by Crippen LogP contribution is 2.35. The van der Waals surface area contributed by atoms with Crippen LogP contribution in [0.1, 0.15) is 24.7 Å². The van der Waals surface area contributed by atoms with Crippen molar-refractivity contribution >= 4 is 0 Å². The number of hydrogen-bond donors (Lipinski definition) is 1. The van der Waals surface area contributed by atoms with Crippen molar-refractivity contribution in [2.45, 2.75) is 25.3 Å². The average molecular weight is 152 g/mol. The summed E-state index contributed by atoms with van der Waals surface area (Å²) in [6.45, 7) is 0.658. The fraction of sp³-hybridized carbons (Fsp3) is 0.714. The van der Waals surface area contributed by atoms with Crippen LogP contribution in [0.2, 0.25) is 0 Å². The normalized spacial score (nSPS) is 17.2. The molecule has 0 aliphatic heterocycles. The second kappa shape index (κ2) is 2.62. The number of rotatable bonds is 3. The maximum atomic E-state index is 5.43. The summed E-state index contributed by atoms with van der Waals surface area (Å²) in [5.74, 6) is 1.04. The largest absolute Gasteiger partial charge is 0.330 e. The monoisotopic (exact) mass is 152 g/mol. The Kier molecular flexibility index (Phi) is 1.62. The van der Waals surface area contributed by atoms with Crippen LogP contribution in [0.3, 0.4) is 0 Å². The number of nitrogens with zero attached hydrogens (tertiary/aromatic N) is 3. The van der Waals surface area contributed by atoms with E-state index in [2.05, 4.69) is 14.8 Å². The van der Waals surface area contributed by atoms with Gasteiger partial charge in [0.25, 0.3) is 0 Å². The first-order valence-corrected chi connectivity index (χ1v) is 4.00. The Balaban J connectivity index is 2.16. The summed E-state index contributed by atoms with van der Waals surface area (Å²) in [6.07, 6.45) is 5.20. The maximum absolute atomic E-state index is 5.43. The van der Waals surface area contributed by atoms with Crippen molar-refractivity contribution in [2.24, 2.45) is 5.73 Å². The molecule has 1 fully saturated rings. The molecule has 4 heteroatoms. The molecule has 1 aromatic heterocycles. The van der Waals surface area contributed by atoms with E-state index in [4.69, 9.17) is 5.73 Å². The van der Waals surface area contributed by atoms with Gasteiger partial charge in [-0.3, -0.25) is 0 Å². The van der Waals surface area contributed by atoms with Gasteiger partial charge in [0.15, 0.2) is 0 Å². The number of nitrogens with two attached hydrogens (primary N) is 1. The van der Waals surface area contributed by atoms with Gasteiger partial charge in [0.1, 0.15) is 12.2 Å². The van der Waals surface area contributed by atoms with E-state index in [1.807, 2.05) is 6.33 Å². The third-order valence-electron chi connectivity index (χ3n) is 1.96. The zero-order chi connectivity index (χ0) is 7.68. The van der Waals surface area contributed by atoms with Crippen molar-refractivity contribution in [2.75, 3.05) is 6.54 Å². The highest BCUT2D eigenvalue weighted by Gasteiger charge is 2.25. The van der Waals surface area contributed by atoms with E-state index in [-0.39, 0.29) is 0 Å². The van der Waals surface area contributed by atoms with E-state index in [0.717, 1.165) is 12.2 Å². The van der Waals surface area contributed by atoms with Crippen LogP contribution in [0.5, 0.6) is 0 Å². The molecule has 0 unspecified atom stereocenters. The van der Waals surface area contributed by atoms with Gasteiger partial charge in [-0.25, -0.2) is 0 Å². The lowest BCUT2D eigenvalue weighted by molar-refractivity contribution is 0.677. The standard InChI is InChI=1S/C7H12N4/c8-4-3-7-10-9-5-11(7)6-1-2-6/h5-6H,1-4,8H2. The number of hydrogen-bond acceptors (Lipinski definition) is 3. The fourth-order valence-electron chi connectivity index (χ4n) is 1.23. The van der Waals surface area contributed by atoms with Gasteiger partial charge in [-0.2, -0.15) is 0 Å². The molecule has 60 valence electrons. The second-order valence-electron chi connectivity index (χ2n) is 2.92. The molecule has 4 nitrogen and oxygen atoms in total. The maximum Gasteiger partial charge on any atom is 0.134 e. The smallest absolute Gasteiger partial charge is 0.134 e. The Morgan fingerprint density at radius 2 is 2.45 bits per heavy atom. The molecule has 0 aromatic carbocycles. The van der Waals surface area contributed by atoms with Crippen LogP contribution in [0.25, 0.3) is 0 Å². The van der Waals surface area contributed by atoms with E-state index < -0.39 is 0 Å². The fourth-order valence-corrected chi connectivity index (χ4v) is 1.23.